The first kappa shape index (κ1) is 13.9. The Balaban J connectivity index is 1.66. The number of aromatic nitrogens is 3. The van der Waals surface area contributed by atoms with Crippen LogP contribution in [0.3, 0.4) is 0 Å². The number of nitrogens with zero attached hydrogens (tertiary/aromatic N) is 2. The van der Waals surface area contributed by atoms with Gasteiger partial charge in [0.05, 0.1) is 7.11 Å². The molecule has 0 unspecified atom stereocenters. The molecular formula is C13H16N4O3. The molecule has 0 radical (unpaired) electrons. The molecule has 1 aromatic carbocycles. The predicted molar refractivity (Wildman–Crippen MR) is 71.6 cm³/mol. The smallest absolute Gasteiger partial charge is 0.257 e. The number of benzene rings is 1. The van der Waals surface area contributed by atoms with Crippen molar-refractivity contribution in [1.29, 1.82) is 0 Å². The summed E-state index contributed by atoms with van der Waals surface area (Å²) in [4.78, 5) is 15.5. The van der Waals surface area contributed by atoms with E-state index in [0.29, 0.717) is 18.7 Å². The Kier molecular flexibility index (Phi) is 4.94. The number of hydrogen-bond donors (Lipinski definition) is 2. The maximum atomic E-state index is 11.6. The highest BCUT2D eigenvalue weighted by molar-refractivity contribution is 5.77. The molecule has 0 spiro atoms. The van der Waals surface area contributed by atoms with Gasteiger partial charge >= 0.3 is 0 Å². The van der Waals surface area contributed by atoms with Gasteiger partial charge in [0, 0.05) is 13.0 Å². The van der Waals surface area contributed by atoms with Gasteiger partial charge in [0.2, 0.25) is 0 Å². The number of carbonyl (C=O) groups excluding carboxylic acids is 1. The minimum absolute atomic E-state index is 0.0251. The second-order valence-electron chi connectivity index (χ2n) is 4.00. The number of H-pyrrole nitrogens is 1. The fraction of sp³-hybridized carbons (Fsp3) is 0.308. The molecule has 7 heteroatoms. The zero-order chi connectivity index (χ0) is 14.2. The lowest BCUT2D eigenvalue weighted by Crippen LogP contribution is -2.30. The van der Waals surface area contributed by atoms with Gasteiger partial charge in [0.25, 0.3) is 5.91 Å². The van der Waals surface area contributed by atoms with Crippen molar-refractivity contribution in [3.63, 3.8) is 0 Å². The molecular weight excluding hydrogens is 260 g/mol. The molecule has 2 rings (SSSR count). The molecule has 0 fully saturated rings. The molecule has 1 amide bonds. The van der Waals surface area contributed by atoms with Crippen LogP contribution in [0.5, 0.6) is 11.5 Å². The average molecular weight is 276 g/mol. The van der Waals surface area contributed by atoms with Gasteiger partial charge < -0.3 is 14.8 Å². The van der Waals surface area contributed by atoms with Crippen LogP contribution in [0.15, 0.2) is 30.6 Å². The zero-order valence-electron chi connectivity index (χ0n) is 11.1. The first-order valence-electron chi connectivity index (χ1n) is 6.15. The van der Waals surface area contributed by atoms with E-state index in [0.717, 1.165) is 11.6 Å². The molecule has 1 heterocycles. The monoisotopic (exact) mass is 276 g/mol. The molecule has 0 bridgehead atoms. The van der Waals surface area contributed by atoms with Gasteiger partial charge in [-0.05, 0) is 24.3 Å². The lowest BCUT2D eigenvalue weighted by molar-refractivity contribution is -0.123. The summed E-state index contributed by atoms with van der Waals surface area (Å²) in [5, 5.41) is 9.19. The van der Waals surface area contributed by atoms with Gasteiger partial charge in [-0.1, -0.05) is 0 Å². The molecule has 1 aromatic heterocycles. The van der Waals surface area contributed by atoms with Crippen LogP contribution in [-0.4, -0.2) is 41.3 Å². The third kappa shape index (κ3) is 4.27. The second-order valence-corrected chi connectivity index (χ2v) is 4.00. The number of hydrogen-bond acceptors (Lipinski definition) is 5. The molecule has 0 aliphatic carbocycles. The number of carbonyl (C=O) groups is 1. The summed E-state index contributed by atoms with van der Waals surface area (Å²) in [5.41, 5.74) is 0. The van der Waals surface area contributed by atoms with Crippen molar-refractivity contribution in [2.75, 3.05) is 20.3 Å². The molecule has 20 heavy (non-hydrogen) atoms. The van der Waals surface area contributed by atoms with Crippen LogP contribution >= 0.6 is 0 Å². The van der Waals surface area contributed by atoms with E-state index < -0.39 is 0 Å². The number of ether oxygens (including phenoxy) is 2. The molecule has 0 aliphatic heterocycles. The Morgan fingerprint density at radius 2 is 2.05 bits per heavy atom. The summed E-state index contributed by atoms with van der Waals surface area (Å²) < 4.78 is 10.4. The minimum Gasteiger partial charge on any atom is -0.497 e. The maximum absolute atomic E-state index is 11.6. The SMILES string of the molecule is COc1ccc(OCC(=O)NCCc2ncn[nH]2)cc1. The zero-order valence-corrected chi connectivity index (χ0v) is 11.1. The summed E-state index contributed by atoms with van der Waals surface area (Å²) in [6.45, 7) is 0.461. The standard InChI is InChI=1S/C13H16N4O3/c1-19-10-2-4-11(5-3-10)20-8-13(18)14-7-6-12-15-9-16-17-12/h2-5,9H,6-8H2,1H3,(H,14,18)(H,15,16,17). The van der Waals surface area contributed by atoms with E-state index in [1.54, 1.807) is 31.4 Å². The van der Waals surface area contributed by atoms with Crippen LogP contribution in [0.1, 0.15) is 5.82 Å². The Morgan fingerprint density at radius 3 is 2.70 bits per heavy atom. The molecule has 0 atom stereocenters. The fourth-order valence-electron chi connectivity index (χ4n) is 1.54. The van der Waals surface area contributed by atoms with Gasteiger partial charge in [-0.15, -0.1) is 0 Å². The number of rotatable bonds is 7. The fourth-order valence-corrected chi connectivity index (χ4v) is 1.54. The number of aromatic amines is 1. The Bertz CT molecular complexity index is 525. The summed E-state index contributed by atoms with van der Waals surface area (Å²) in [7, 11) is 1.60. The Hall–Kier alpha value is -2.57. The summed E-state index contributed by atoms with van der Waals surface area (Å²) in [6.07, 6.45) is 2.04. The predicted octanol–water partition coefficient (Wildman–Crippen LogP) is 0.551. The van der Waals surface area contributed by atoms with Gasteiger partial charge in [-0.2, -0.15) is 5.10 Å². The number of nitrogens with one attached hydrogen (secondary N) is 2. The van der Waals surface area contributed by atoms with Crippen LogP contribution in [0.4, 0.5) is 0 Å². The van der Waals surface area contributed by atoms with Gasteiger partial charge in [-0.25, -0.2) is 4.98 Å². The third-order valence-electron chi connectivity index (χ3n) is 2.58. The van der Waals surface area contributed by atoms with Crippen molar-refractivity contribution >= 4 is 5.91 Å². The molecule has 106 valence electrons. The molecule has 7 nitrogen and oxygen atoms in total. The van der Waals surface area contributed by atoms with Crippen LogP contribution in [0.2, 0.25) is 0 Å². The van der Waals surface area contributed by atoms with Crippen molar-refractivity contribution in [3.8, 4) is 11.5 Å². The summed E-state index contributed by atoms with van der Waals surface area (Å²) in [6, 6.07) is 7.05. The van der Waals surface area contributed by atoms with Crippen molar-refractivity contribution in [2.24, 2.45) is 0 Å². The van der Waals surface area contributed by atoms with Crippen molar-refractivity contribution in [1.82, 2.24) is 20.5 Å². The lowest BCUT2D eigenvalue weighted by Gasteiger charge is -2.07. The Labute approximate surface area is 116 Å². The van der Waals surface area contributed by atoms with Crippen molar-refractivity contribution in [2.45, 2.75) is 6.42 Å². The quantitative estimate of drug-likeness (QED) is 0.771. The first-order chi connectivity index (χ1) is 9.78. The lowest BCUT2D eigenvalue weighted by atomic mass is 10.3. The van der Waals surface area contributed by atoms with E-state index in [1.165, 1.54) is 6.33 Å². The minimum atomic E-state index is -0.180. The highest BCUT2D eigenvalue weighted by atomic mass is 16.5. The van der Waals surface area contributed by atoms with E-state index in [4.69, 9.17) is 9.47 Å². The average Bonchev–Trinajstić information content (AvgIpc) is 2.99. The van der Waals surface area contributed by atoms with E-state index in [-0.39, 0.29) is 12.5 Å². The normalized spacial score (nSPS) is 10.1. The molecule has 2 aromatic rings. The molecule has 0 saturated carbocycles. The Morgan fingerprint density at radius 1 is 1.30 bits per heavy atom. The largest absolute Gasteiger partial charge is 0.497 e. The topological polar surface area (TPSA) is 89.1 Å². The highest BCUT2D eigenvalue weighted by Gasteiger charge is 2.03. The third-order valence-corrected chi connectivity index (χ3v) is 2.58. The van der Waals surface area contributed by atoms with Crippen molar-refractivity contribution in [3.05, 3.63) is 36.4 Å². The number of methoxy groups -OCH3 is 1. The van der Waals surface area contributed by atoms with Gasteiger partial charge in [0.1, 0.15) is 23.7 Å². The van der Waals surface area contributed by atoms with Crippen LogP contribution in [-0.2, 0) is 11.2 Å². The van der Waals surface area contributed by atoms with Gasteiger partial charge in [0.15, 0.2) is 6.61 Å². The van der Waals surface area contributed by atoms with Crippen LogP contribution in [0, 0.1) is 0 Å². The highest BCUT2D eigenvalue weighted by Crippen LogP contribution is 2.16. The van der Waals surface area contributed by atoms with Crippen LogP contribution < -0.4 is 14.8 Å². The molecule has 0 aliphatic rings. The first-order valence-corrected chi connectivity index (χ1v) is 6.15. The maximum Gasteiger partial charge on any atom is 0.257 e. The second kappa shape index (κ2) is 7.13. The summed E-state index contributed by atoms with van der Waals surface area (Å²) >= 11 is 0. The van der Waals surface area contributed by atoms with E-state index in [9.17, 15) is 4.79 Å². The van der Waals surface area contributed by atoms with Gasteiger partial charge in [-0.3, -0.25) is 9.89 Å². The van der Waals surface area contributed by atoms with Crippen molar-refractivity contribution < 1.29 is 14.3 Å². The van der Waals surface area contributed by atoms with E-state index >= 15 is 0 Å². The van der Waals surface area contributed by atoms with E-state index in [1.807, 2.05) is 0 Å². The molecule has 2 N–H and O–H groups in total. The number of amides is 1. The molecule has 0 saturated heterocycles. The summed E-state index contributed by atoms with van der Waals surface area (Å²) in [5.74, 6) is 1.92. The van der Waals surface area contributed by atoms with Crippen LogP contribution in [0.25, 0.3) is 0 Å². The van der Waals surface area contributed by atoms with E-state index in [2.05, 4.69) is 20.5 Å².